The second kappa shape index (κ2) is 7.92. The topological polar surface area (TPSA) is 48.7 Å². The number of amides is 2. The van der Waals surface area contributed by atoms with Crippen molar-refractivity contribution >= 4 is 17.8 Å². The molecule has 1 saturated heterocycles. The van der Waals surface area contributed by atoms with Crippen molar-refractivity contribution in [1.29, 1.82) is 0 Å². The first kappa shape index (κ1) is 17.2. The number of carbonyl (C=O) groups is 1. The molecule has 1 fully saturated rings. The zero-order chi connectivity index (χ0) is 16.0. The third kappa shape index (κ3) is 5.93. The summed E-state index contributed by atoms with van der Waals surface area (Å²) in [5.74, 6) is 1.94. The molecule has 2 heterocycles. The van der Waals surface area contributed by atoms with Gasteiger partial charge in [0.1, 0.15) is 5.76 Å². The molecule has 1 aromatic heterocycles. The molecule has 0 radical (unpaired) electrons. The maximum Gasteiger partial charge on any atom is 0.317 e. The number of rotatable bonds is 5. The van der Waals surface area contributed by atoms with Crippen LogP contribution in [0, 0.1) is 0 Å². The predicted octanol–water partition coefficient (Wildman–Crippen LogP) is 2.64. The summed E-state index contributed by atoms with van der Waals surface area (Å²) in [5.41, 5.74) is 0. The minimum absolute atomic E-state index is 0.0622. The molecule has 1 N–H and O–H groups in total. The molecule has 1 aliphatic rings. The molecule has 0 saturated carbocycles. The van der Waals surface area contributed by atoms with E-state index in [4.69, 9.17) is 4.42 Å². The summed E-state index contributed by atoms with van der Waals surface area (Å²) in [6.07, 6.45) is 1.70. The number of furan rings is 1. The molecule has 1 aromatic rings. The zero-order valence-corrected chi connectivity index (χ0v) is 14.6. The number of carbonyl (C=O) groups excluding carboxylic acids is 1. The molecule has 1 aliphatic heterocycles. The Hall–Kier alpha value is -1.14. The average molecular weight is 325 g/mol. The lowest BCUT2D eigenvalue weighted by Gasteiger charge is -2.34. The molecule has 2 amide bonds. The Labute approximate surface area is 137 Å². The van der Waals surface area contributed by atoms with Crippen molar-refractivity contribution in [2.24, 2.45) is 0 Å². The lowest BCUT2D eigenvalue weighted by Crippen LogP contribution is -2.51. The third-order valence-electron chi connectivity index (χ3n) is 3.53. The van der Waals surface area contributed by atoms with Crippen LogP contribution in [-0.4, -0.2) is 59.1 Å². The van der Waals surface area contributed by atoms with Gasteiger partial charge in [0, 0.05) is 43.2 Å². The summed E-state index contributed by atoms with van der Waals surface area (Å²) in [7, 11) is 0. The van der Waals surface area contributed by atoms with Gasteiger partial charge in [0.15, 0.2) is 0 Å². The van der Waals surface area contributed by atoms with E-state index in [9.17, 15) is 4.79 Å². The SMILES string of the molecule is CC(C)(C)SCCNC(=O)N1CCN(Cc2ccco2)CC1. The lowest BCUT2D eigenvalue weighted by atomic mass is 10.3. The van der Waals surface area contributed by atoms with E-state index in [1.54, 1.807) is 6.26 Å². The molecule has 22 heavy (non-hydrogen) atoms. The molecule has 0 spiro atoms. The Morgan fingerprint density at radius 3 is 2.64 bits per heavy atom. The second-order valence-electron chi connectivity index (χ2n) is 6.54. The van der Waals surface area contributed by atoms with Gasteiger partial charge in [-0.05, 0) is 12.1 Å². The van der Waals surface area contributed by atoms with E-state index in [-0.39, 0.29) is 10.8 Å². The normalized spacial score (nSPS) is 16.8. The predicted molar refractivity (Wildman–Crippen MR) is 91.2 cm³/mol. The van der Waals surface area contributed by atoms with Crippen LogP contribution in [0.4, 0.5) is 4.79 Å². The summed E-state index contributed by atoms with van der Waals surface area (Å²) in [4.78, 5) is 16.3. The molecular weight excluding hydrogens is 298 g/mol. The molecule has 0 aliphatic carbocycles. The highest BCUT2D eigenvalue weighted by molar-refractivity contribution is 8.00. The molecule has 5 nitrogen and oxygen atoms in total. The molecule has 0 unspecified atom stereocenters. The molecule has 0 aromatic carbocycles. The van der Waals surface area contributed by atoms with E-state index in [0.29, 0.717) is 0 Å². The Kier molecular flexibility index (Phi) is 6.20. The van der Waals surface area contributed by atoms with Gasteiger partial charge in [0.2, 0.25) is 0 Å². The van der Waals surface area contributed by atoms with Crippen molar-refractivity contribution in [3.05, 3.63) is 24.2 Å². The second-order valence-corrected chi connectivity index (χ2v) is 8.46. The Morgan fingerprint density at radius 2 is 2.05 bits per heavy atom. The van der Waals surface area contributed by atoms with Gasteiger partial charge in [-0.25, -0.2) is 4.79 Å². The highest BCUT2D eigenvalue weighted by atomic mass is 32.2. The zero-order valence-electron chi connectivity index (χ0n) is 13.8. The third-order valence-corrected chi connectivity index (χ3v) is 4.81. The van der Waals surface area contributed by atoms with E-state index >= 15 is 0 Å². The summed E-state index contributed by atoms with van der Waals surface area (Å²) < 4.78 is 5.62. The van der Waals surface area contributed by atoms with Crippen molar-refractivity contribution in [3.63, 3.8) is 0 Å². The van der Waals surface area contributed by atoms with Crippen molar-refractivity contribution in [1.82, 2.24) is 15.1 Å². The van der Waals surface area contributed by atoms with Gasteiger partial charge in [-0.15, -0.1) is 0 Å². The fraction of sp³-hybridized carbons (Fsp3) is 0.688. The van der Waals surface area contributed by atoms with Crippen molar-refractivity contribution in [2.75, 3.05) is 38.5 Å². The molecule has 0 bridgehead atoms. The first-order valence-corrected chi connectivity index (χ1v) is 8.84. The van der Waals surface area contributed by atoms with Gasteiger partial charge < -0.3 is 14.6 Å². The Bertz CT molecular complexity index is 448. The minimum Gasteiger partial charge on any atom is -0.468 e. The molecule has 6 heteroatoms. The van der Waals surface area contributed by atoms with Crippen LogP contribution in [0.25, 0.3) is 0 Å². The number of thioether (sulfide) groups is 1. The number of nitrogens with zero attached hydrogens (tertiary/aromatic N) is 2. The quantitative estimate of drug-likeness (QED) is 0.846. The van der Waals surface area contributed by atoms with Gasteiger partial charge in [-0.3, -0.25) is 4.90 Å². The van der Waals surface area contributed by atoms with Crippen LogP contribution >= 0.6 is 11.8 Å². The van der Waals surface area contributed by atoms with Crippen LogP contribution in [0.3, 0.4) is 0 Å². The first-order chi connectivity index (χ1) is 10.4. The summed E-state index contributed by atoms with van der Waals surface area (Å²) in [6, 6.07) is 3.97. The summed E-state index contributed by atoms with van der Waals surface area (Å²) in [5, 5.41) is 3.01. The lowest BCUT2D eigenvalue weighted by molar-refractivity contribution is 0.130. The highest BCUT2D eigenvalue weighted by Crippen LogP contribution is 2.22. The van der Waals surface area contributed by atoms with Crippen LogP contribution in [-0.2, 0) is 6.54 Å². The van der Waals surface area contributed by atoms with Gasteiger partial charge in [-0.1, -0.05) is 20.8 Å². The maximum absolute atomic E-state index is 12.1. The maximum atomic E-state index is 12.1. The van der Waals surface area contributed by atoms with E-state index in [0.717, 1.165) is 50.8 Å². The van der Waals surface area contributed by atoms with Crippen molar-refractivity contribution < 1.29 is 9.21 Å². The fourth-order valence-corrected chi connectivity index (χ4v) is 3.18. The van der Waals surface area contributed by atoms with E-state index in [2.05, 4.69) is 31.0 Å². The number of nitrogens with one attached hydrogen (secondary N) is 1. The van der Waals surface area contributed by atoms with Crippen LogP contribution in [0.1, 0.15) is 26.5 Å². The van der Waals surface area contributed by atoms with Crippen LogP contribution < -0.4 is 5.32 Å². The van der Waals surface area contributed by atoms with E-state index in [1.165, 1.54) is 0 Å². The molecular formula is C16H27N3O2S. The number of hydrogen-bond donors (Lipinski definition) is 1. The molecule has 2 rings (SSSR count). The largest absolute Gasteiger partial charge is 0.468 e. The number of urea groups is 1. The molecule has 124 valence electrons. The van der Waals surface area contributed by atoms with E-state index in [1.807, 2.05) is 28.8 Å². The summed E-state index contributed by atoms with van der Waals surface area (Å²) >= 11 is 1.87. The summed E-state index contributed by atoms with van der Waals surface area (Å²) in [6.45, 7) is 11.5. The van der Waals surface area contributed by atoms with E-state index < -0.39 is 0 Å². The number of hydrogen-bond acceptors (Lipinski definition) is 4. The van der Waals surface area contributed by atoms with Gasteiger partial charge >= 0.3 is 6.03 Å². The smallest absolute Gasteiger partial charge is 0.317 e. The van der Waals surface area contributed by atoms with Crippen LogP contribution in [0.5, 0.6) is 0 Å². The monoisotopic (exact) mass is 325 g/mol. The van der Waals surface area contributed by atoms with Gasteiger partial charge in [0.25, 0.3) is 0 Å². The highest BCUT2D eigenvalue weighted by Gasteiger charge is 2.21. The van der Waals surface area contributed by atoms with Gasteiger partial charge in [0.05, 0.1) is 12.8 Å². The van der Waals surface area contributed by atoms with Crippen molar-refractivity contribution in [3.8, 4) is 0 Å². The fourth-order valence-electron chi connectivity index (χ4n) is 2.36. The molecule has 0 atom stereocenters. The standard InChI is InChI=1S/C16H27N3O2S/c1-16(2,3)22-12-6-17-15(20)19-9-7-18(8-10-19)13-14-5-4-11-21-14/h4-5,11H,6-10,12-13H2,1-3H3,(H,17,20). The Morgan fingerprint density at radius 1 is 1.32 bits per heavy atom. The van der Waals surface area contributed by atoms with Crippen LogP contribution in [0.2, 0.25) is 0 Å². The van der Waals surface area contributed by atoms with Crippen molar-refractivity contribution in [2.45, 2.75) is 32.1 Å². The van der Waals surface area contributed by atoms with Gasteiger partial charge in [-0.2, -0.15) is 11.8 Å². The van der Waals surface area contributed by atoms with Crippen LogP contribution in [0.15, 0.2) is 22.8 Å². The minimum atomic E-state index is 0.0622. The first-order valence-electron chi connectivity index (χ1n) is 7.85. The number of piperazine rings is 1. The average Bonchev–Trinajstić information content (AvgIpc) is 2.96. The Balaban J connectivity index is 1.62.